The van der Waals surface area contributed by atoms with Crippen molar-refractivity contribution >= 4 is 16.3 Å². The molecule has 2 saturated heterocycles. The molecule has 0 aliphatic carbocycles. The molecule has 6 heteroatoms. The van der Waals surface area contributed by atoms with Gasteiger partial charge < -0.3 is 5.32 Å². The topological polar surface area (TPSA) is 55.1 Å². The van der Waals surface area contributed by atoms with E-state index in [9.17, 15) is 0 Å². The summed E-state index contributed by atoms with van der Waals surface area (Å²) in [7, 11) is 0. The second kappa shape index (κ2) is 3.76. The lowest BCUT2D eigenvalue weighted by Crippen LogP contribution is -2.22. The summed E-state index contributed by atoms with van der Waals surface area (Å²) in [5.41, 5.74) is -0.0162. The molecule has 1 N–H and O–H groups in total. The fourth-order valence-corrected chi connectivity index (χ4v) is 4.36. The van der Waals surface area contributed by atoms with E-state index in [0.29, 0.717) is 18.0 Å². The van der Waals surface area contributed by atoms with Crippen LogP contribution < -0.4 is 5.32 Å². The van der Waals surface area contributed by atoms with Crippen LogP contribution in [0, 0.1) is 0 Å². The van der Waals surface area contributed by atoms with Crippen molar-refractivity contribution < 1.29 is 0 Å². The zero-order chi connectivity index (χ0) is 13.2. The van der Waals surface area contributed by atoms with Crippen molar-refractivity contribution in [1.29, 1.82) is 0 Å². The van der Waals surface area contributed by atoms with Crippen LogP contribution in [0.4, 0.5) is 0 Å². The fraction of sp³-hybridized carbons (Fsp3) is 0.769. The normalized spacial score (nSPS) is 30.6. The molecular weight excluding hydrogens is 258 g/mol. The van der Waals surface area contributed by atoms with E-state index < -0.39 is 0 Å². The highest BCUT2D eigenvalue weighted by molar-refractivity contribution is 7.16. The van der Waals surface area contributed by atoms with Gasteiger partial charge in [0.15, 0.2) is 5.82 Å². The predicted molar refractivity (Wildman–Crippen MR) is 74.7 cm³/mol. The van der Waals surface area contributed by atoms with Gasteiger partial charge >= 0.3 is 0 Å². The molecule has 2 aliphatic rings. The van der Waals surface area contributed by atoms with Gasteiger partial charge in [-0.3, -0.25) is 0 Å². The molecule has 102 valence electrons. The Morgan fingerprint density at radius 1 is 1.26 bits per heavy atom. The van der Waals surface area contributed by atoms with Gasteiger partial charge in [0.25, 0.3) is 0 Å². The van der Waals surface area contributed by atoms with E-state index in [1.54, 1.807) is 11.3 Å². The monoisotopic (exact) mass is 277 g/mol. The molecule has 19 heavy (non-hydrogen) atoms. The third-order valence-electron chi connectivity index (χ3n) is 4.29. The molecule has 4 rings (SSSR count). The Morgan fingerprint density at radius 3 is 2.74 bits per heavy atom. The number of aromatic nitrogens is 4. The van der Waals surface area contributed by atoms with Gasteiger partial charge in [-0.25, -0.2) is 0 Å². The number of nitrogens with one attached hydrogen (secondary N) is 1. The summed E-state index contributed by atoms with van der Waals surface area (Å²) < 4.78 is 1.95. The Hall–Kier alpha value is -1.01. The minimum Gasteiger partial charge on any atom is -0.311 e. The first kappa shape index (κ1) is 11.8. The van der Waals surface area contributed by atoms with Crippen LogP contribution in [0.1, 0.15) is 56.8 Å². The maximum Gasteiger partial charge on any atom is 0.234 e. The minimum absolute atomic E-state index is 0.0162. The minimum atomic E-state index is -0.0162. The summed E-state index contributed by atoms with van der Waals surface area (Å²) in [6.45, 7) is 6.46. The van der Waals surface area contributed by atoms with Crippen LogP contribution in [0.2, 0.25) is 0 Å². The lowest BCUT2D eigenvalue weighted by molar-refractivity contribution is 0.492. The Kier molecular flexibility index (Phi) is 2.33. The average Bonchev–Trinajstić information content (AvgIpc) is 3.06. The standard InChI is InChI=1S/C13H19N5S/c1-13(2,3)11-15-16-12-18(11)17-10(19-12)8-6-7-4-5-9(8)14-7/h7-9,14H,4-6H2,1-3H3. The van der Waals surface area contributed by atoms with E-state index in [-0.39, 0.29) is 5.41 Å². The second-order valence-electron chi connectivity index (χ2n) is 6.80. The third-order valence-corrected chi connectivity index (χ3v) is 5.33. The highest BCUT2D eigenvalue weighted by Gasteiger charge is 2.41. The molecule has 5 nitrogen and oxygen atoms in total. The number of rotatable bonds is 1. The molecule has 3 atom stereocenters. The summed E-state index contributed by atoms with van der Waals surface area (Å²) in [6, 6.07) is 1.35. The lowest BCUT2D eigenvalue weighted by Gasteiger charge is -2.17. The molecule has 0 radical (unpaired) electrons. The molecule has 0 spiro atoms. The molecule has 2 fully saturated rings. The van der Waals surface area contributed by atoms with E-state index in [2.05, 4.69) is 36.3 Å². The maximum atomic E-state index is 4.81. The van der Waals surface area contributed by atoms with Gasteiger partial charge in [0, 0.05) is 23.4 Å². The van der Waals surface area contributed by atoms with E-state index in [4.69, 9.17) is 5.10 Å². The first-order valence-corrected chi connectivity index (χ1v) is 7.83. The molecular formula is C13H19N5S. The smallest absolute Gasteiger partial charge is 0.234 e. The molecule has 2 aromatic heterocycles. The largest absolute Gasteiger partial charge is 0.311 e. The molecule has 0 aromatic carbocycles. The van der Waals surface area contributed by atoms with Gasteiger partial charge in [0.2, 0.25) is 4.96 Å². The molecule has 2 aromatic rings. The Labute approximate surface area is 116 Å². The summed E-state index contributed by atoms with van der Waals surface area (Å²) >= 11 is 1.71. The van der Waals surface area contributed by atoms with Crippen molar-refractivity contribution in [1.82, 2.24) is 25.1 Å². The lowest BCUT2D eigenvalue weighted by atomic mass is 9.90. The molecule has 4 heterocycles. The zero-order valence-corrected chi connectivity index (χ0v) is 12.4. The van der Waals surface area contributed by atoms with Crippen LogP contribution in [-0.4, -0.2) is 31.9 Å². The Bertz CT molecular complexity index is 623. The molecule has 0 amide bonds. The van der Waals surface area contributed by atoms with Crippen LogP contribution in [0.5, 0.6) is 0 Å². The summed E-state index contributed by atoms with van der Waals surface area (Å²) in [5, 5.41) is 18.3. The highest BCUT2D eigenvalue weighted by Crippen LogP contribution is 2.41. The number of hydrogen-bond acceptors (Lipinski definition) is 5. The van der Waals surface area contributed by atoms with Gasteiger partial charge in [-0.05, 0) is 19.3 Å². The maximum absolute atomic E-state index is 4.81. The van der Waals surface area contributed by atoms with Crippen molar-refractivity contribution in [2.75, 3.05) is 0 Å². The zero-order valence-electron chi connectivity index (χ0n) is 11.6. The van der Waals surface area contributed by atoms with E-state index in [1.165, 1.54) is 24.3 Å². The highest BCUT2D eigenvalue weighted by atomic mass is 32.1. The van der Waals surface area contributed by atoms with Gasteiger partial charge in [0.1, 0.15) is 5.01 Å². The first-order valence-electron chi connectivity index (χ1n) is 7.01. The fourth-order valence-electron chi connectivity index (χ4n) is 3.35. The summed E-state index contributed by atoms with van der Waals surface area (Å²) in [5.74, 6) is 1.54. The quantitative estimate of drug-likeness (QED) is 0.867. The van der Waals surface area contributed by atoms with Crippen LogP contribution in [-0.2, 0) is 5.41 Å². The van der Waals surface area contributed by atoms with E-state index in [1.807, 2.05) is 4.52 Å². The van der Waals surface area contributed by atoms with Gasteiger partial charge in [-0.1, -0.05) is 32.1 Å². The van der Waals surface area contributed by atoms with Gasteiger partial charge in [-0.15, -0.1) is 10.2 Å². The number of nitrogens with zero attached hydrogens (tertiary/aromatic N) is 4. The molecule has 3 unspecified atom stereocenters. The van der Waals surface area contributed by atoms with Crippen molar-refractivity contribution in [3.63, 3.8) is 0 Å². The van der Waals surface area contributed by atoms with Gasteiger partial charge in [0.05, 0.1) is 0 Å². The summed E-state index contributed by atoms with van der Waals surface area (Å²) in [4.78, 5) is 0.933. The van der Waals surface area contributed by atoms with E-state index in [0.717, 1.165) is 10.8 Å². The van der Waals surface area contributed by atoms with Crippen molar-refractivity contribution in [2.45, 2.75) is 63.5 Å². The summed E-state index contributed by atoms with van der Waals surface area (Å²) in [6.07, 6.45) is 3.86. The van der Waals surface area contributed by atoms with E-state index >= 15 is 0 Å². The van der Waals surface area contributed by atoms with Crippen molar-refractivity contribution in [3.8, 4) is 0 Å². The van der Waals surface area contributed by atoms with Crippen molar-refractivity contribution in [3.05, 3.63) is 10.8 Å². The SMILES string of the molecule is CC(C)(C)c1nnc2sc(C3CC4CCC3N4)nn12. The first-order chi connectivity index (χ1) is 9.02. The van der Waals surface area contributed by atoms with Crippen LogP contribution in [0.15, 0.2) is 0 Å². The van der Waals surface area contributed by atoms with Crippen molar-refractivity contribution in [2.24, 2.45) is 0 Å². The average molecular weight is 277 g/mol. The second-order valence-corrected chi connectivity index (χ2v) is 7.79. The number of hydrogen-bond donors (Lipinski definition) is 1. The Morgan fingerprint density at radius 2 is 2.11 bits per heavy atom. The third kappa shape index (κ3) is 1.73. The molecule has 2 bridgehead atoms. The van der Waals surface area contributed by atoms with Gasteiger partial charge in [-0.2, -0.15) is 9.61 Å². The van der Waals surface area contributed by atoms with Crippen LogP contribution in [0.25, 0.3) is 4.96 Å². The predicted octanol–water partition coefficient (Wildman–Crippen LogP) is 2.09. The number of fused-ring (bicyclic) bond motifs is 3. The molecule has 0 saturated carbocycles. The molecule has 2 aliphatic heterocycles. The Balaban J connectivity index is 1.75. The van der Waals surface area contributed by atoms with Crippen LogP contribution in [0.3, 0.4) is 0 Å². The van der Waals surface area contributed by atoms with Crippen LogP contribution >= 0.6 is 11.3 Å².